The molecule has 0 spiro atoms. The van der Waals surface area contributed by atoms with Crippen molar-refractivity contribution in [1.82, 2.24) is 0 Å². The van der Waals surface area contributed by atoms with Gasteiger partial charge in [-0.15, -0.1) is 0 Å². The van der Waals surface area contributed by atoms with Gasteiger partial charge in [0, 0.05) is 28.2 Å². The predicted molar refractivity (Wildman–Crippen MR) is 94.3 cm³/mol. The standard InChI is InChI=1S/C21H12O4.Co/c22-16-8-9-19(23)18(12-16)21(24)25-20-7-3-6-15-10-13-4-1-2-5-14(13)11-17(15)20;/h1-12H;. The van der Waals surface area contributed by atoms with E-state index in [1.54, 1.807) is 12.1 Å². The molecule has 4 rings (SSSR count). The molecule has 1 radical (unpaired) electrons. The van der Waals surface area contributed by atoms with Crippen LogP contribution in [0, 0.1) is 0 Å². The third-order valence-corrected chi connectivity index (χ3v) is 4.08. The zero-order chi connectivity index (χ0) is 17.4. The van der Waals surface area contributed by atoms with Crippen molar-refractivity contribution in [3.05, 3.63) is 78.4 Å². The van der Waals surface area contributed by atoms with Gasteiger partial charge in [0.2, 0.25) is 0 Å². The Morgan fingerprint density at radius 3 is 2.27 bits per heavy atom. The monoisotopic (exact) mass is 387 g/mol. The predicted octanol–water partition coefficient (Wildman–Crippen LogP) is 3.53. The Labute approximate surface area is 159 Å². The molecule has 3 aromatic carbocycles. The topological polar surface area (TPSA) is 60.4 Å². The first-order valence-electron chi connectivity index (χ1n) is 7.73. The number of ether oxygens (including phenoxy) is 1. The maximum Gasteiger partial charge on any atom is 0.347 e. The fraction of sp³-hybridized carbons (Fsp3) is 0. The molecule has 0 aliphatic heterocycles. The van der Waals surface area contributed by atoms with Crippen LogP contribution >= 0.6 is 0 Å². The summed E-state index contributed by atoms with van der Waals surface area (Å²) < 4.78 is 5.42. The van der Waals surface area contributed by atoms with Crippen LogP contribution in [0.4, 0.5) is 0 Å². The third-order valence-electron chi connectivity index (χ3n) is 4.08. The van der Waals surface area contributed by atoms with E-state index in [-0.39, 0.29) is 22.4 Å². The first-order valence-corrected chi connectivity index (χ1v) is 7.73. The number of carbonyl (C=O) groups excluding carboxylic acids is 3. The minimum absolute atomic E-state index is 0. The second kappa shape index (κ2) is 7.07. The summed E-state index contributed by atoms with van der Waals surface area (Å²) in [5, 5.41) is 3.79. The molecule has 0 N–H and O–H groups in total. The van der Waals surface area contributed by atoms with Gasteiger partial charge in [0.05, 0.1) is 0 Å². The first kappa shape index (κ1) is 17.8. The summed E-state index contributed by atoms with van der Waals surface area (Å²) in [6.45, 7) is 0. The van der Waals surface area contributed by atoms with E-state index >= 15 is 0 Å². The Morgan fingerprint density at radius 2 is 1.50 bits per heavy atom. The second-order valence-corrected chi connectivity index (χ2v) is 5.72. The summed E-state index contributed by atoms with van der Waals surface area (Å²) in [6.07, 6.45) is 3.21. The van der Waals surface area contributed by atoms with Crippen LogP contribution in [0.25, 0.3) is 21.5 Å². The third kappa shape index (κ3) is 3.22. The summed E-state index contributed by atoms with van der Waals surface area (Å²) in [4.78, 5) is 35.5. The average Bonchev–Trinajstić information content (AvgIpc) is 2.62. The summed E-state index contributed by atoms with van der Waals surface area (Å²) in [7, 11) is 0. The number of fused-ring (bicyclic) bond motifs is 2. The van der Waals surface area contributed by atoms with E-state index in [9.17, 15) is 14.4 Å². The molecule has 0 saturated carbocycles. The van der Waals surface area contributed by atoms with Crippen LogP contribution in [0.2, 0.25) is 0 Å². The van der Waals surface area contributed by atoms with E-state index in [1.165, 1.54) is 0 Å². The van der Waals surface area contributed by atoms with Crippen molar-refractivity contribution in [2.24, 2.45) is 0 Å². The van der Waals surface area contributed by atoms with Crippen LogP contribution in [0.5, 0.6) is 5.75 Å². The number of benzene rings is 3. The first-order chi connectivity index (χ1) is 12.1. The Kier molecular flexibility index (Phi) is 4.84. The molecule has 0 fully saturated rings. The van der Waals surface area contributed by atoms with Crippen LogP contribution < -0.4 is 4.74 Å². The van der Waals surface area contributed by atoms with Gasteiger partial charge in [0.25, 0.3) is 0 Å². The van der Waals surface area contributed by atoms with Gasteiger partial charge in [-0.25, -0.2) is 4.79 Å². The van der Waals surface area contributed by atoms with Crippen molar-refractivity contribution in [3.63, 3.8) is 0 Å². The van der Waals surface area contributed by atoms with Gasteiger partial charge < -0.3 is 4.74 Å². The molecular weight excluding hydrogens is 375 g/mol. The molecule has 3 aromatic rings. The maximum absolute atomic E-state index is 12.3. The molecule has 0 saturated heterocycles. The fourth-order valence-corrected chi connectivity index (χ4v) is 2.85. The number of rotatable bonds is 2. The number of allylic oxidation sites excluding steroid dienone is 3. The SMILES string of the molecule is O=C1C=CC(=O)C(C(=O)Oc2cccc3cc4ccccc4cc23)=C1.[Co]. The van der Waals surface area contributed by atoms with Crippen molar-refractivity contribution >= 4 is 39.1 Å². The van der Waals surface area contributed by atoms with Crippen molar-refractivity contribution in [3.8, 4) is 5.75 Å². The number of ketones is 2. The second-order valence-electron chi connectivity index (χ2n) is 5.72. The van der Waals surface area contributed by atoms with Gasteiger partial charge in [-0.2, -0.15) is 0 Å². The van der Waals surface area contributed by atoms with Gasteiger partial charge in [-0.1, -0.05) is 36.4 Å². The molecule has 26 heavy (non-hydrogen) atoms. The molecular formula is C21H12CoO4. The molecule has 1 aliphatic carbocycles. The van der Waals surface area contributed by atoms with Crippen molar-refractivity contribution in [2.75, 3.05) is 0 Å². The molecule has 129 valence electrons. The fourth-order valence-electron chi connectivity index (χ4n) is 2.85. The van der Waals surface area contributed by atoms with Crippen molar-refractivity contribution < 1.29 is 35.9 Å². The van der Waals surface area contributed by atoms with Crippen LogP contribution in [-0.4, -0.2) is 17.5 Å². The number of hydrogen-bond acceptors (Lipinski definition) is 4. The summed E-state index contributed by atoms with van der Waals surface area (Å²) in [5.74, 6) is -1.42. The molecule has 4 nitrogen and oxygen atoms in total. The quantitative estimate of drug-likeness (QED) is 0.222. The zero-order valence-corrected chi connectivity index (χ0v) is 14.4. The van der Waals surface area contributed by atoms with Crippen molar-refractivity contribution in [1.29, 1.82) is 0 Å². The Balaban J connectivity index is 0.00000196. The van der Waals surface area contributed by atoms with E-state index in [1.807, 2.05) is 42.5 Å². The molecule has 0 unspecified atom stereocenters. The zero-order valence-electron chi connectivity index (χ0n) is 13.4. The largest absolute Gasteiger partial charge is 0.422 e. The number of carbonyl (C=O) groups is 3. The van der Waals surface area contributed by atoms with E-state index in [0.29, 0.717) is 5.75 Å². The molecule has 0 aromatic heterocycles. The minimum Gasteiger partial charge on any atom is -0.422 e. The normalized spacial score (nSPS) is 13.5. The van der Waals surface area contributed by atoms with E-state index < -0.39 is 17.5 Å². The van der Waals surface area contributed by atoms with Crippen LogP contribution in [-0.2, 0) is 31.2 Å². The van der Waals surface area contributed by atoms with Crippen molar-refractivity contribution in [2.45, 2.75) is 0 Å². The smallest absolute Gasteiger partial charge is 0.347 e. The maximum atomic E-state index is 12.3. The summed E-state index contributed by atoms with van der Waals surface area (Å²) >= 11 is 0. The number of hydrogen-bond donors (Lipinski definition) is 0. The Hall–Kier alpha value is -3.02. The number of esters is 1. The minimum atomic E-state index is -0.830. The van der Waals surface area contributed by atoms with E-state index in [2.05, 4.69) is 0 Å². The molecule has 0 heterocycles. The summed E-state index contributed by atoms with van der Waals surface area (Å²) in [6, 6.07) is 17.2. The van der Waals surface area contributed by atoms with Crippen LogP contribution in [0.15, 0.2) is 78.4 Å². The van der Waals surface area contributed by atoms with E-state index in [4.69, 9.17) is 4.74 Å². The van der Waals surface area contributed by atoms with Crippen LogP contribution in [0.1, 0.15) is 0 Å². The Morgan fingerprint density at radius 1 is 0.808 bits per heavy atom. The van der Waals surface area contributed by atoms with Gasteiger partial charge >= 0.3 is 5.97 Å². The molecule has 0 amide bonds. The van der Waals surface area contributed by atoms with E-state index in [0.717, 1.165) is 39.8 Å². The molecule has 0 bridgehead atoms. The van der Waals surface area contributed by atoms with Gasteiger partial charge in [0.15, 0.2) is 11.6 Å². The average molecular weight is 387 g/mol. The van der Waals surface area contributed by atoms with Gasteiger partial charge in [-0.3, -0.25) is 9.59 Å². The summed E-state index contributed by atoms with van der Waals surface area (Å²) in [5.41, 5.74) is -0.259. The molecule has 5 heteroatoms. The van der Waals surface area contributed by atoms with Gasteiger partial charge in [-0.05, 0) is 46.5 Å². The Bertz CT molecular complexity index is 1130. The molecule has 0 atom stereocenters. The van der Waals surface area contributed by atoms with Crippen LogP contribution in [0.3, 0.4) is 0 Å². The van der Waals surface area contributed by atoms with Gasteiger partial charge in [0.1, 0.15) is 11.3 Å². The molecule has 1 aliphatic rings.